The molecule has 0 saturated carbocycles. The molecule has 98 valence electrons. The van der Waals surface area contributed by atoms with Crippen molar-refractivity contribution < 1.29 is 13.9 Å². The number of carbonyl (C=O) groups is 1. The molecule has 0 aliphatic carbocycles. The van der Waals surface area contributed by atoms with Gasteiger partial charge in [0.1, 0.15) is 11.6 Å². The third-order valence-corrected chi connectivity index (χ3v) is 2.94. The number of halogens is 1. The Hall–Kier alpha value is -2.23. The lowest BCUT2D eigenvalue weighted by atomic mass is 9.98. The Balaban J connectivity index is 2.52. The highest BCUT2D eigenvalue weighted by atomic mass is 19.1. The highest BCUT2D eigenvalue weighted by Crippen LogP contribution is 2.24. The molecular formula is C15H14FNO2. The summed E-state index contributed by atoms with van der Waals surface area (Å²) in [7, 11) is 1.46. The largest absolute Gasteiger partial charge is 0.496 e. The average molecular weight is 259 g/mol. The maximum atomic E-state index is 13.3. The van der Waals surface area contributed by atoms with Crippen LogP contribution < -0.4 is 4.74 Å². The molecule has 19 heavy (non-hydrogen) atoms. The predicted molar refractivity (Wildman–Crippen MR) is 70.0 cm³/mol. The number of nitrogens with zero attached hydrogens (tertiary/aromatic N) is 1. The number of benzene rings is 1. The number of aryl methyl sites for hydroxylation is 1. The summed E-state index contributed by atoms with van der Waals surface area (Å²) in [6.07, 6.45) is 3.89. The fraction of sp³-hybridized carbons (Fsp3) is 0.200. The number of carbonyl (C=O) groups excluding carboxylic acids is 1. The van der Waals surface area contributed by atoms with Crippen molar-refractivity contribution in [1.29, 1.82) is 0 Å². The van der Waals surface area contributed by atoms with Crippen molar-refractivity contribution in [2.75, 3.05) is 7.11 Å². The second-order valence-electron chi connectivity index (χ2n) is 4.06. The van der Waals surface area contributed by atoms with Crippen molar-refractivity contribution >= 4 is 5.78 Å². The molecular weight excluding hydrogens is 245 g/mol. The quantitative estimate of drug-likeness (QED) is 0.792. The molecule has 1 heterocycles. The van der Waals surface area contributed by atoms with E-state index in [1.807, 2.05) is 6.92 Å². The summed E-state index contributed by atoms with van der Waals surface area (Å²) >= 11 is 0. The molecule has 0 atom stereocenters. The lowest BCUT2D eigenvalue weighted by molar-refractivity contribution is 0.103. The highest BCUT2D eigenvalue weighted by molar-refractivity contribution is 6.11. The van der Waals surface area contributed by atoms with Gasteiger partial charge in [0.25, 0.3) is 0 Å². The zero-order valence-electron chi connectivity index (χ0n) is 10.8. The van der Waals surface area contributed by atoms with Gasteiger partial charge in [-0.25, -0.2) is 4.39 Å². The van der Waals surface area contributed by atoms with Gasteiger partial charge in [0, 0.05) is 18.0 Å². The molecule has 0 N–H and O–H groups in total. The van der Waals surface area contributed by atoms with Crippen LogP contribution >= 0.6 is 0 Å². The Labute approximate surface area is 111 Å². The van der Waals surface area contributed by atoms with Crippen LogP contribution in [0.5, 0.6) is 5.75 Å². The minimum absolute atomic E-state index is 0.225. The van der Waals surface area contributed by atoms with Crippen molar-refractivity contribution in [2.45, 2.75) is 13.3 Å². The van der Waals surface area contributed by atoms with E-state index in [1.54, 1.807) is 18.5 Å². The lowest BCUT2D eigenvalue weighted by Gasteiger charge is -2.10. The SMILES string of the molecule is CCc1cnccc1C(=O)c1cc(F)ccc1OC. The topological polar surface area (TPSA) is 39.2 Å². The molecule has 2 aromatic rings. The van der Waals surface area contributed by atoms with Crippen LogP contribution in [0, 0.1) is 5.82 Å². The minimum atomic E-state index is -0.462. The first-order valence-electron chi connectivity index (χ1n) is 5.98. The van der Waals surface area contributed by atoms with Gasteiger partial charge in [-0.3, -0.25) is 9.78 Å². The fourth-order valence-corrected chi connectivity index (χ4v) is 1.93. The van der Waals surface area contributed by atoms with E-state index >= 15 is 0 Å². The van der Waals surface area contributed by atoms with Gasteiger partial charge in [-0.1, -0.05) is 6.92 Å². The molecule has 0 fully saturated rings. The zero-order chi connectivity index (χ0) is 13.8. The second-order valence-corrected chi connectivity index (χ2v) is 4.06. The van der Waals surface area contributed by atoms with E-state index in [0.717, 1.165) is 5.56 Å². The average Bonchev–Trinajstić information content (AvgIpc) is 2.46. The minimum Gasteiger partial charge on any atom is -0.496 e. The number of methoxy groups -OCH3 is 1. The monoisotopic (exact) mass is 259 g/mol. The zero-order valence-corrected chi connectivity index (χ0v) is 10.8. The molecule has 0 saturated heterocycles. The van der Waals surface area contributed by atoms with Crippen molar-refractivity contribution in [1.82, 2.24) is 4.98 Å². The standard InChI is InChI=1S/C15H14FNO2/c1-3-10-9-17-7-6-12(10)15(18)13-8-11(16)4-5-14(13)19-2/h4-9H,3H2,1-2H3. The fourth-order valence-electron chi connectivity index (χ4n) is 1.93. The molecule has 0 bridgehead atoms. The van der Waals surface area contributed by atoms with Gasteiger partial charge in [-0.15, -0.1) is 0 Å². The Bertz CT molecular complexity index is 611. The Morgan fingerprint density at radius 2 is 2.11 bits per heavy atom. The van der Waals surface area contributed by atoms with Crippen LogP contribution in [0.4, 0.5) is 4.39 Å². The van der Waals surface area contributed by atoms with E-state index in [9.17, 15) is 9.18 Å². The van der Waals surface area contributed by atoms with E-state index in [1.165, 1.54) is 25.3 Å². The van der Waals surface area contributed by atoms with E-state index in [0.29, 0.717) is 17.7 Å². The van der Waals surface area contributed by atoms with Gasteiger partial charge in [-0.2, -0.15) is 0 Å². The number of rotatable bonds is 4. The summed E-state index contributed by atoms with van der Waals surface area (Å²) in [5.74, 6) is -0.350. The summed E-state index contributed by atoms with van der Waals surface area (Å²) in [6, 6.07) is 5.56. The van der Waals surface area contributed by atoms with E-state index in [2.05, 4.69) is 4.98 Å². The molecule has 0 unspecified atom stereocenters. The summed E-state index contributed by atoms with van der Waals surface area (Å²) in [5.41, 5.74) is 1.59. The third-order valence-electron chi connectivity index (χ3n) is 2.94. The second kappa shape index (κ2) is 5.61. The predicted octanol–water partition coefficient (Wildman–Crippen LogP) is 3.02. The first-order chi connectivity index (χ1) is 9.17. The summed E-state index contributed by atoms with van der Waals surface area (Å²) in [4.78, 5) is 16.5. The number of aromatic nitrogens is 1. The van der Waals surface area contributed by atoms with E-state index < -0.39 is 5.82 Å². The van der Waals surface area contributed by atoms with Crippen LogP contribution in [-0.2, 0) is 6.42 Å². The summed E-state index contributed by atoms with van der Waals surface area (Å²) in [6.45, 7) is 1.94. The first kappa shape index (κ1) is 13.2. The van der Waals surface area contributed by atoms with Crippen LogP contribution in [-0.4, -0.2) is 17.9 Å². The van der Waals surface area contributed by atoms with Crippen LogP contribution in [0.15, 0.2) is 36.7 Å². The van der Waals surface area contributed by atoms with Gasteiger partial charge in [0.2, 0.25) is 0 Å². The first-order valence-corrected chi connectivity index (χ1v) is 5.98. The smallest absolute Gasteiger partial charge is 0.197 e. The lowest BCUT2D eigenvalue weighted by Crippen LogP contribution is -2.08. The van der Waals surface area contributed by atoms with Gasteiger partial charge >= 0.3 is 0 Å². The number of ether oxygens (including phenoxy) is 1. The summed E-state index contributed by atoms with van der Waals surface area (Å²) in [5, 5.41) is 0. The van der Waals surface area contributed by atoms with Crippen molar-refractivity contribution in [3.05, 3.63) is 59.2 Å². The molecule has 0 spiro atoms. The summed E-state index contributed by atoms with van der Waals surface area (Å²) < 4.78 is 18.4. The molecule has 1 aromatic carbocycles. The Morgan fingerprint density at radius 1 is 1.32 bits per heavy atom. The highest BCUT2D eigenvalue weighted by Gasteiger charge is 2.17. The van der Waals surface area contributed by atoms with Crippen molar-refractivity contribution in [2.24, 2.45) is 0 Å². The number of ketones is 1. The molecule has 2 rings (SSSR count). The van der Waals surface area contributed by atoms with Crippen LogP contribution in [0.25, 0.3) is 0 Å². The van der Waals surface area contributed by atoms with Crippen LogP contribution in [0.2, 0.25) is 0 Å². The third kappa shape index (κ3) is 2.62. The Kier molecular flexibility index (Phi) is 3.90. The van der Waals surface area contributed by atoms with Gasteiger partial charge < -0.3 is 4.74 Å². The number of hydrogen-bond donors (Lipinski definition) is 0. The normalized spacial score (nSPS) is 10.3. The number of pyridine rings is 1. The van der Waals surface area contributed by atoms with Gasteiger partial charge in [0.05, 0.1) is 12.7 Å². The van der Waals surface area contributed by atoms with Crippen molar-refractivity contribution in [3.63, 3.8) is 0 Å². The Morgan fingerprint density at radius 3 is 2.79 bits per heavy atom. The molecule has 4 heteroatoms. The van der Waals surface area contributed by atoms with E-state index in [4.69, 9.17) is 4.74 Å². The van der Waals surface area contributed by atoms with E-state index in [-0.39, 0.29) is 11.3 Å². The van der Waals surface area contributed by atoms with Crippen LogP contribution in [0.1, 0.15) is 28.4 Å². The van der Waals surface area contributed by atoms with Crippen molar-refractivity contribution in [3.8, 4) is 5.75 Å². The molecule has 0 aliphatic rings. The molecule has 0 amide bonds. The maximum absolute atomic E-state index is 13.3. The molecule has 1 aromatic heterocycles. The molecule has 0 aliphatic heterocycles. The maximum Gasteiger partial charge on any atom is 0.197 e. The van der Waals surface area contributed by atoms with Gasteiger partial charge in [0.15, 0.2) is 5.78 Å². The molecule has 3 nitrogen and oxygen atoms in total. The van der Waals surface area contributed by atoms with Crippen LogP contribution in [0.3, 0.4) is 0 Å². The molecule has 0 radical (unpaired) electrons. The van der Waals surface area contributed by atoms with Gasteiger partial charge in [-0.05, 0) is 36.2 Å². The number of hydrogen-bond acceptors (Lipinski definition) is 3.